The minimum atomic E-state index is -1.12. The maximum Gasteiger partial charge on any atom is 0.330 e. The number of allylic oxidation sites excluding steroid dienone is 6. The van der Waals surface area contributed by atoms with Gasteiger partial charge < -0.3 is 96.6 Å². The van der Waals surface area contributed by atoms with Gasteiger partial charge in [-0.2, -0.15) is 0 Å². The third-order valence-electron chi connectivity index (χ3n) is 23.2. The normalized spacial score (nSPS) is 14.9. The van der Waals surface area contributed by atoms with Crippen LogP contribution in [0.2, 0.25) is 0 Å². The third kappa shape index (κ3) is 51.7. The van der Waals surface area contributed by atoms with Gasteiger partial charge in [0.05, 0.1) is 50.2 Å². The second-order valence-corrected chi connectivity index (χ2v) is 36.0. The molecule has 6 aromatic carbocycles. The first-order valence-electron chi connectivity index (χ1n) is 49.0. The molecule has 0 amide bonds. The molecule has 0 bridgehead atoms. The fourth-order valence-corrected chi connectivity index (χ4v) is 13.8. The highest BCUT2D eigenvalue weighted by atomic mass is 16.6. The summed E-state index contributed by atoms with van der Waals surface area (Å²) in [6.07, 6.45) is 26.2. The Hall–Kier alpha value is -13.8. The van der Waals surface area contributed by atoms with E-state index >= 15 is 0 Å². The number of hydrogen-bond donors (Lipinski definition) is 5. The maximum absolute atomic E-state index is 12.9. The number of aliphatic hydroxyl groups excluding tert-OH is 2. The molecule has 9 unspecified atom stereocenters. The van der Waals surface area contributed by atoms with E-state index in [0.717, 1.165) is 135 Å². The van der Waals surface area contributed by atoms with E-state index in [9.17, 15) is 73.2 Å². The van der Waals surface area contributed by atoms with Crippen molar-refractivity contribution in [2.24, 2.45) is 17.8 Å². The molecule has 3 fully saturated rings. The van der Waals surface area contributed by atoms with Crippen LogP contribution in [0.5, 0.6) is 34.5 Å². The zero-order valence-electron chi connectivity index (χ0n) is 85.0. The number of ether oxygens (including phenoxy) is 15. The molecule has 3 aliphatic rings. The highest BCUT2D eigenvalue weighted by Gasteiger charge is 2.34. The molecule has 3 heterocycles. The zero-order chi connectivity index (χ0) is 107. The summed E-state index contributed by atoms with van der Waals surface area (Å²) in [5.41, 5.74) is 5.58. The van der Waals surface area contributed by atoms with Gasteiger partial charge in [0, 0.05) is 46.6 Å². The Balaban J connectivity index is 0.000000558. The summed E-state index contributed by atoms with van der Waals surface area (Å²) < 4.78 is 80.1. The second-order valence-electron chi connectivity index (χ2n) is 36.0. The van der Waals surface area contributed by atoms with Crippen LogP contribution in [0.15, 0.2) is 245 Å². The molecule has 0 aromatic heterocycles. The molecule has 147 heavy (non-hydrogen) atoms. The summed E-state index contributed by atoms with van der Waals surface area (Å²) in [6, 6.07) is 46.3. The fourth-order valence-electron chi connectivity index (χ4n) is 13.8. The van der Waals surface area contributed by atoms with Gasteiger partial charge in [-0.05, 0) is 164 Å². The van der Waals surface area contributed by atoms with E-state index in [1.807, 2.05) is 129 Å². The average molecular weight is 2040 g/mol. The van der Waals surface area contributed by atoms with Gasteiger partial charge in [0.1, 0.15) is 125 Å². The minimum Gasteiger partial charge on any atom is -0.491 e. The third-order valence-corrected chi connectivity index (χ3v) is 23.2. The molecule has 31 heteroatoms. The summed E-state index contributed by atoms with van der Waals surface area (Å²) >= 11 is 0. The SMILES string of the molecule is C.C.C=CC(=O)O.C=CC(=O)OCC(COc1ccc(C(C)(C)c2ccc(OCC(COC(=O)C=C)OC(=O)CC(C/C=C/CCCCC)C(=O)O)cc2)cc1)OC(=O)CC(C/C=C/CCCCC)C(=O)O.C=CC(=O)OCC(O)COc1ccc(C(C)(C)c2ccc(OCC(O)COC(=O)C=C)cc2)cc1.CC(C)(c1ccc(OCC2CO2)cc1)c1ccc(OCC2CO2)cc1.CCCCCC=CCC1CC(=O)OC1=O. The summed E-state index contributed by atoms with van der Waals surface area (Å²) in [5, 5.41) is 46.7. The van der Waals surface area contributed by atoms with Crippen molar-refractivity contribution < 1.29 is 149 Å². The van der Waals surface area contributed by atoms with Crippen LogP contribution >= 0.6 is 0 Å². The first-order chi connectivity index (χ1) is 69.4. The van der Waals surface area contributed by atoms with Gasteiger partial charge in [0.15, 0.2) is 12.2 Å². The van der Waals surface area contributed by atoms with Crippen LogP contribution in [-0.2, 0) is 112 Å². The Morgan fingerprint density at radius 3 is 0.884 bits per heavy atom. The molecule has 3 saturated heterocycles. The van der Waals surface area contributed by atoms with Crippen molar-refractivity contribution in [1.29, 1.82) is 0 Å². The number of carboxylic acids is 3. The molecule has 31 nitrogen and oxygen atoms in total. The lowest BCUT2D eigenvalue weighted by Crippen LogP contribution is -2.32. The van der Waals surface area contributed by atoms with Gasteiger partial charge in [0.25, 0.3) is 0 Å². The Morgan fingerprint density at radius 1 is 0.374 bits per heavy atom. The Labute approximate surface area is 866 Å². The quantitative estimate of drug-likeness (QED) is 0.00450. The van der Waals surface area contributed by atoms with Gasteiger partial charge in [0.2, 0.25) is 0 Å². The highest BCUT2D eigenvalue weighted by molar-refractivity contribution is 5.94. The van der Waals surface area contributed by atoms with E-state index in [2.05, 4.69) is 116 Å². The van der Waals surface area contributed by atoms with Crippen LogP contribution < -0.4 is 28.4 Å². The second kappa shape index (κ2) is 70.1. The van der Waals surface area contributed by atoms with Crippen molar-refractivity contribution in [1.82, 2.24) is 0 Å². The van der Waals surface area contributed by atoms with Crippen LogP contribution in [0, 0.1) is 17.8 Å². The molecule has 9 rings (SSSR count). The van der Waals surface area contributed by atoms with Crippen molar-refractivity contribution in [3.63, 3.8) is 0 Å². The number of benzene rings is 6. The number of epoxide rings is 2. The average Bonchev–Trinajstić information content (AvgIpc) is 0.918. The molecule has 6 aromatic rings. The number of aliphatic hydroxyl groups is 2. The lowest BCUT2D eigenvalue weighted by molar-refractivity contribution is -0.161. The standard InChI is InChI=1S/C51H68O14.C27H32O8.C21H24O4.C12H18O3.C3H4O2.2CH4/c1-7-11-13-15-17-19-21-37(49(56)57)31-47(54)64-43(35-62-45(52)9-3)33-60-41-27-23-39(24-28-41)51(5,6)40-25-29-42(30-26-40)61-34-44(36-63-46(53)10-4)65-48(55)32-38(50(58)59)22-20-18-16-14-12-8-2;1-5-25(30)34-17-21(28)15-32-23-11-7-19(8-12-23)27(3,4)20-9-13-24(14-10-20)33-16-22(29)18-35-26(31)6-2;1-21(2,15-3-7-17(8-4-15)22-11-19-13-24-19)16-5-9-18(10-6-16)23-12-20-14-25-20;1-2-3-4-5-6-7-8-10-9-11(13)15-12(10)14;1-2-3(4)5;;/h9-10,17-20,23-30,37-38,43-44H,3-4,7-8,11-16,21-22,31-36H2,1-2,5-6H3,(H,56,57)(H,58,59);5-14,21-22,28-29H,1-2,15-18H2,3-4H3;3-10,19-20H,11-14H2,1-2H3;6-7,10H,2-5,8-9H2,1H3;2H,1H2,(H,4,5);2*1H4/b19-17+,20-18+;;;;;;. The van der Waals surface area contributed by atoms with Crippen molar-refractivity contribution in [2.45, 2.75) is 246 Å². The lowest BCUT2D eigenvalue weighted by Gasteiger charge is -2.27. The van der Waals surface area contributed by atoms with Crippen LogP contribution in [0.25, 0.3) is 0 Å². The van der Waals surface area contributed by atoms with Crippen LogP contribution in [0.4, 0.5) is 0 Å². The van der Waals surface area contributed by atoms with Gasteiger partial charge in [-0.15, -0.1) is 0 Å². The number of carbonyl (C=O) groups is 11. The smallest absolute Gasteiger partial charge is 0.330 e. The van der Waals surface area contributed by atoms with E-state index < -0.39 is 95.4 Å². The summed E-state index contributed by atoms with van der Waals surface area (Å²) in [5.74, 6) is -6.46. The minimum absolute atomic E-state index is 0. The topological polar surface area (TPSA) is 434 Å². The molecular formula is C116H154O31. The first kappa shape index (κ1) is 127. The van der Waals surface area contributed by atoms with Gasteiger partial charge in [-0.3, -0.25) is 28.8 Å². The molecule has 804 valence electrons. The predicted octanol–water partition coefficient (Wildman–Crippen LogP) is 19.9. The van der Waals surface area contributed by atoms with Crippen molar-refractivity contribution in [2.75, 3.05) is 79.3 Å². The van der Waals surface area contributed by atoms with Crippen LogP contribution in [-0.4, -0.2) is 207 Å². The monoisotopic (exact) mass is 2040 g/mol. The Kier molecular flexibility index (Phi) is 60.8. The van der Waals surface area contributed by atoms with Crippen molar-refractivity contribution in [3.8, 4) is 34.5 Å². The molecular weight excluding hydrogens is 1890 g/mol. The first-order valence-corrected chi connectivity index (χ1v) is 49.0. The van der Waals surface area contributed by atoms with Crippen molar-refractivity contribution >= 4 is 65.7 Å². The van der Waals surface area contributed by atoms with Crippen LogP contribution in [0.1, 0.15) is 226 Å². The summed E-state index contributed by atoms with van der Waals surface area (Å²) in [6.45, 7) is 36.9. The number of rotatable bonds is 63. The number of carbonyl (C=O) groups excluding carboxylic acids is 8. The molecule has 9 atom stereocenters. The summed E-state index contributed by atoms with van der Waals surface area (Å²) in [7, 11) is 0. The number of aliphatic carboxylic acids is 3. The largest absolute Gasteiger partial charge is 0.491 e. The van der Waals surface area contributed by atoms with Gasteiger partial charge >= 0.3 is 65.7 Å². The van der Waals surface area contributed by atoms with E-state index in [1.165, 1.54) is 30.4 Å². The number of hydrogen-bond acceptors (Lipinski definition) is 28. The van der Waals surface area contributed by atoms with Crippen molar-refractivity contribution in [3.05, 3.63) is 279 Å². The molecule has 5 N–H and O–H groups in total. The molecule has 0 aliphatic carbocycles. The van der Waals surface area contributed by atoms with Gasteiger partial charge in [-0.25, -0.2) is 24.0 Å². The molecule has 3 aliphatic heterocycles. The van der Waals surface area contributed by atoms with E-state index in [-0.39, 0.29) is 141 Å². The van der Waals surface area contributed by atoms with E-state index in [1.54, 1.807) is 36.4 Å². The number of unbranched alkanes of at least 4 members (excludes halogenated alkanes) is 9. The fraction of sp³-hybridized carbons (Fsp3) is 0.457. The number of cyclic esters (lactones) is 2. The van der Waals surface area contributed by atoms with Crippen LogP contribution in [0.3, 0.4) is 0 Å². The Bertz CT molecular complexity index is 4810. The highest BCUT2D eigenvalue weighted by Crippen LogP contribution is 2.38. The lowest BCUT2D eigenvalue weighted by atomic mass is 9.78. The molecule has 0 spiro atoms. The van der Waals surface area contributed by atoms with E-state index in [0.29, 0.717) is 42.6 Å². The number of esters is 8. The zero-order valence-corrected chi connectivity index (χ0v) is 85.0. The molecule has 0 saturated carbocycles. The maximum atomic E-state index is 12.9. The van der Waals surface area contributed by atoms with Gasteiger partial charge in [-0.1, -0.05) is 258 Å². The predicted molar refractivity (Wildman–Crippen MR) is 560 cm³/mol. The van der Waals surface area contributed by atoms with E-state index in [4.69, 9.17) is 71.4 Å². The number of carboxylic acid groups (broad SMARTS) is 3. The molecule has 0 radical (unpaired) electrons. The summed E-state index contributed by atoms with van der Waals surface area (Å²) in [4.78, 5) is 126. The Morgan fingerprint density at radius 2 is 0.639 bits per heavy atom.